The van der Waals surface area contributed by atoms with E-state index in [0.717, 1.165) is 6.54 Å². The molecule has 0 aromatic rings. The molecule has 0 amide bonds. The number of hydrogen-bond acceptors (Lipinski definition) is 3. The lowest BCUT2D eigenvalue weighted by Gasteiger charge is -1.93. The van der Waals surface area contributed by atoms with E-state index in [-0.39, 0.29) is 18.0 Å². The van der Waals surface area contributed by atoms with Crippen molar-refractivity contribution < 1.29 is 4.74 Å². The van der Waals surface area contributed by atoms with Crippen molar-refractivity contribution >= 4 is 11.9 Å². The number of nitrogens with zero attached hydrogens (tertiary/aromatic N) is 1. The molecule has 1 unspecified atom stereocenters. The van der Waals surface area contributed by atoms with E-state index < -0.39 is 0 Å². The van der Waals surface area contributed by atoms with Crippen molar-refractivity contribution in [1.82, 2.24) is 4.90 Å². The van der Waals surface area contributed by atoms with Gasteiger partial charge in [0.1, 0.15) is 6.04 Å². The largest absolute Gasteiger partial charge is 0.409 e. The smallest absolute Gasteiger partial charge is 0.291 e. The maximum atomic E-state index is 7.02. The fraction of sp³-hybridized carbons (Fsp3) is 0.500. The van der Waals surface area contributed by atoms with Gasteiger partial charge in [0.05, 0.1) is 6.54 Å². The highest BCUT2D eigenvalue weighted by Gasteiger charge is 2.49. The van der Waals surface area contributed by atoms with E-state index in [0.29, 0.717) is 0 Å². The molecule has 2 aliphatic rings. The lowest BCUT2D eigenvalue weighted by molar-refractivity contribution is 0.505. The summed E-state index contributed by atoms with van der Waals surface area (Å²) in [5, 5.41) is 14.0. The van der Waals surface area contributed by atoms with Crippen LogP contribution in [-0.2, 0) is 4.74 Å². The zero-order valence-electron chi connectivity index (χ0n) is 4.14. The molecule has 2 saturated heterocycles. The summed E-state index contributed by atoms with van der Waals surface area (Å²) in [5.74, 6) is 0.231. The van der Waals surface area contributed by atoms with Gasteiger partial charge in [-0.15, -0.1) is 0 Å². The van der Waals surface area contributed by atoms with Crippen LogP contribution in [0.25, 0.3) is 0 Å². The van der Waals surface area contributed by atoms with Crippen molar-refractivity contribution in [1.29, 1.82) is 10.8 Å². The second-order valence-electron chi connectivity index (χ2n) is 1.94. The van der Waals surface area contributed by atoms with Crippen LogP contribution < -0.4 is 0 Å². The third kappa shape index (κ3) is 0.267. The third-order valence-electron chi connectivity index (χ3n) is 1.38. The SMILES string of the molecule is N=C1OC(=N)N2CC12. The Morgan fingerprint density at radius 2 is 2.38 bits per heavy atom. The summed E-state index contributed by atoms with van der Waals surface area (Å²) < 4.78 is 4.62. The topological polar surface area (TPSA) is 59.9 Å². The molecule has 4 nitrogen and oxygen atoms in total. The van der Waals surface area contributed by atoms with Gasteiger partial charge in [0.25, 0.3) is 6.02 Å². The lowest BCUT2D eigenvalue weighted by atomic mass is 10.5. The fourth-order valence-electron chi connectivity index (χ4n) is 0.819. The van der Waals surface area contributed by atoms with Crippen LogP contribution in [0.2, 0.25) is 0 Å². The first-order chi connectivity index (χ1) is 3.79. The second-order valence-corrected chi connectivity index (χ2v) is 1.94. The summed E-state index contributed by atoms with van der Waals surface area (Å²) in [7, 11) is 0. The molecule has 1 atom stereocenters. The van der Waals surface area contributed by atoms with Crippen LogP contribution in [0.15, 0.2) is 0 Å². The van der Waals surface area contributed by atoms with E-state index in [1.165, 1.54) is 0 Å². The van der Waals surface area contributed by atoms with E-state index in [4.69, 9.17) is 10.8 Å². The second kappa shape index (κ2) is 0.866. The summed E-state index contributed by atoms with van der Waals surface area (Å²) >= 11 is 0. The first-order valence-corrected chi connectivity index (χ1v) is 2.40. The average molecular weight is 111 g/mol. The number of nitrogens with one attached hydrogen (secondary N) is 2. The molecule has 0 aromatic carbocycles. The van der Waals surface area contributed by atoms with Gasteiger partial charge in [0.2, 0.25) is 5.90 Å². The molecule has 2 fully saturated rings. The Labute approximate surface area is 46.1 Å². The third-order valence-corrected chi connectivity index (χ3v) is 1.38. The van der Waals surface area contributed by atoms with E-state index in [1.807, 2.05) is 0 Å². The maximum absolute atomic E-state index is 7.02. The van der Waals surface area contributed by atoms with E-state index in [1.54, 1.807) is 4.90 Å². The van der Waals surface area contributed by atoms with Crippen LogP contribution >= 0.6 is 0 Å². The van der Waals surface area contributed by atoms with Crippen LogP contribution in [0.4, 0.5) is 0 Å². The van der Waals surface area contributed by atoms with Gasteiger partial charge in [0.15, 0.2) is 0 Å². The first-order valence-electron chi connectivity index (χ1n) is 2.40. The van der Waals surface area contributed by atoms with Crippen LogP contribution in [0, 0.1) is 10.8 Å². The van der Waals surface area contributed by atoms with Crippen molar-refractivity contribution in [3.63, 3.8) is 0 Å². The van der Waals surface area contributed by atoms with Crippen LogP contribution in [-0.4, -0.2) is 29.4 Å². The molecule has 0 aliphatic carbocycles. The molecule has 8 heavy (non-hydrogen) atoms. The Hall–Kier alpha value is -1.06. The summed E-state index contributed by atoms with van der Waals surface area (Å²) in [6, 6.07) is 0.266. The summed E-state index contributed by atoms with van der Waals surface area (Å²) in [6.07, 6.45) is 0. The number of amidine groups is 1. The van der Waals surface area contributed by atoms with Crippen LogP contribution in [0.5, 0.6) is 0 Å². The molecule has 42 valence electrons. The van der Waals surface area contributed by atoms with Gasteiger partial charge in [-0.3, -0.25) is 10.8 Å². The van der Waals surface area contributed by atoms with Gasteiger partial charge in [0, 0.05) is 0 Å². The molecule has 4 heteroatoms. The van der Waals surface area contributed by atoms with E-state index in [9.17, 15) is 0 Å². The highest BCUT2D eigenvalue weighted by molar-refractivity contribution is 6.02. The zero-order chi connectivity index (χ0) is 5.72. The number of ether oxygens (including phenoxy) is 1. The van der Waals surface area contributed by atoms with E-state index in [2.05, 4.69) is 4.74 Å². The number of rotatable bonds is 0. The molecule has 0 radical (unpaired) electrons. The first kappa shape index (κ1) is 3.88. The van der Waals surface area contributed by atoms with Gasteiger partial charge < -0.3 is 9.64 Å². The standard InChI is InChI=1S/C4H5N3O/c5-3-2-1-7(2)4(6)8-3/h2,5-6H,1H2. The highest BCUT2D eigenvalue weighted by Crippen LogP contribution is 2.25. The average Bonchev–Trinajstić information content (AvgIpc) is 2.35. The molecule has 2 N–H and O–H groups in total. The minimum atomic E-state index is 0.127. The Morgan fingerprint density at radius 3 is 2.50 bits per heavy atom. The molecule has 0 saturated carbocycles. The molecule has 2 aliphatic heterocycles. The van der Waals surface area contributed by atoms with Crippen LogP contribution in [0.1, 0.15) is 0 Å². The lowest BCUT2D eigenvalue weighted by Crippen LogP contribution is -2.08. The van der Waals surface area contributed by atoms with Gasteiger partial charge in [-0.25, -0.2) is 0 Å². The maximum Gasteiger partial charge on any atom is 0.291 e. The summed E-state index contributed by atoms with van der Waals surface area (Å²) in [4.78, 5) is 1.72. The number of fused-ring (bicyclic) bond motifs is 1. The van der Waals surface area contributed by atoms with Crippen molar-refractivity contribution in [3.8, 4) is 0 Å². The normalized spacial score (nSPS) is 32.5. The minimum absolute atomic E-state index is 0.127. The molecular weight excluding hydrogens is 106 g/mol. The summed E-state index contributed by atoms with van der Waals surface area (Å²) in [6.45, 7) is 0.817. The highest BCUT2D eigenvalue weighted by atomic mass is 16.5. The van der Waals surface area contributed by atoms with Gasteiger partial charge in [-0.05, 0) is 0 Å². The van der Waals surface area contributed by atoms with Crippen LogP contribution in [0.3, 0.4) is 0 Å². The predicted octanol–water partition coefficient (Wildman–Crippen LogP) is -0.387. The Bertz CT molecular complexity index is 158. The van der Waals surface area contributed by atoms with Crippen molar-refractivity contribution in [2.45, 2.75) is 6.04 Å². The molecule has 2 heterocycles. The molecule has 2 rings (SSSR count). The van der Waals surface area contributed by atoms with Gasteiger partial charge in [-0.2, -0.15) is 0 Å². The van der Waals surface area contributed by atoms with Crippen molar-refractivity contribution in [2.75, 3.05) is 6.54 Å². The molecular formula is C4H5N3O. The van der Waals surface area contributed by atoms with E-state index >= 15 is 0 Å². The van der Waals surface area contributed by atoms with Crippen molar-refractivity contribution in [2.24, 2.45) is 0 Å². The molecule has 0 spiro atoms. The zero-order valence-corrected chi connectivity index (χ0v) is 4.14. The predicted molar refractivity (Wildman–Crippen MR) is 27.0 cm³/mol. The summed E-state index contributed by atoms with van der Waals surface area (Å²) in [5.41, 5.74) is 0. The Balaban J connectivity index is 2.31. The minimum Gasteiger partial charge on any atom is -0.409 e. The fourth-order valence-corrected chi connectivity index (χ4v) is 0.819. The number of hydrogen-bond donors (Lipinski definition) is 2. The molecule has 0 bridgehead atoms. The quantitative estimate of drug-likeness (QED) is 0.418. The van der Waals surface area contributed by atoms with Crippen molar-refractivity contribution in [3.05, 3.63) is 0 Å². The van der Waals surface area contributed by atoms with Gasteiger partial charge in [-0.1, -0.05) is 0 Å². The van der Waals surface area contributed by atoms with Gasteiger partial charge >= 0.3 is 0 Å². The Kier molecular flexibility index (Phi) is 0.420. The Morgan fingerprint density at radius 1 is 1.62 bits per heavy atom. The molecule has 0 aromatic heterocycles. The monoisotopic (exact) mass is 111 g/mol.